The maximum atomic E-state index is 3.72. The van der Waals surface area contributed by atoms with Crippen LogP contribution >= 0.6 is 0 Å². The molecule has 0 amide bonds. The van der Waals surface area contributed by atoms with E-state index in [0.717, 1.165) is 0 Å². The predicted octanol–water partition coefficient (Wildman–Crippen LogP) is 1.93. The summed E-state index contributed by atoms with van der Waals surface area (Å²) in [4.78, 5) is 0. The zero-order chi connectivity index (χ0) is 8.32. The smallest absolute Gasteiger partial charge is 0.0572 e. The van der Waals surface area contributed by atoms with E-state index < -0.39 is 8.80 Å². The van der Waals surface area contributed by atoms with E-state index in [2.05, 4.69) is 25.7 Å². The first-order valence-electron chi connectivity index (χ1n) is 4.94. The minimum Gasteiger partial charge on any atom is -0.314 e. The van der Waals surface area contributed by atoms with Crippen LogP contribution in [0.4, 0.5) is 0 Å². The molecular formula is C9H21NSi. The molecule has 1 heterocycles. The van der Waals surface area contributed by atoms with E-state index in [1.165, 1.54) is 25.8 Å². The van der Waals surface area contributed by atoms with Crippen LogP contribution in [0, 0.1) is 0 Å². The van der Waals surface area contributed by atoms with Crippen molar-refractivity contribution in [2.45, 2.75) is 50.9 Å². The number of nitrogens with one attached hydrogen (secondary N) is 1. The van der Waals surface area contributed by atoms with Gasteiger partial charge < -0.3 is 5.32 Å². The maximum absolute atomic E-state index is 3.72. The first-order chi connectivity index (χ1) is 5.19. The van der Waals surface area contributed by atoms with E-state index in [0.29, 0.717) is 5.16 Å². The molecule has 0 spiro atoms. The zero-order valence-electron chi connectivity index (χ0n) is 8.11. The summed E-state index contributed by atoms with van der Waals surface area (Å²) in [5.41, 5.74) is 0. The Morgan fingerprint density at radius 3 is 2.73 bits per heavy atom. The van der Waals surface area contributed by atoms with Gasteiger partial charge in [0.25, 0.3) is 0 Å². The molecule has 0 aromatic rings. The van der Waals surface area contributed by atoms with Gasteiger partial charge in [0.2, 0.25) is 0 Å². The molecule has 2 unspecified atom stereocenters. The van der Waals surface area contributed by atoms with E-state index >= 15 is 0 Å². The van der Waals surface area contributed by atoms with Crippen LogP contribution in [0.15, 0.2) is 0 Å². The maximum Gasteiger partial charge on any atom is 0.0572 e. The van der Waals surface area contributed by atoms with Crippen molar-refractivity contribution in [3.63, 3.8) is 0 Å². The van der Waals surface area contributed by atoms with Crippen molar-refractivity contribution in [1.29, 1.82) is 0 Å². The summed E-state index contributed by atoms with van der Waals surface area (Å²) in [7, 11) is -0.422. The van der Waals surface area contributed by atoms with Crippen molar-refractivity contribution in [1.82, 2.24) is 5.32 Å². The topological polar surface area (TPSA) is 12.0 Å². The first-order valence-corrected chi connectivity index (χ1v) is 7.49. The monoisotopic (exact) mass is 171 g/mol. The molecule has 1 saturated heterocycles. The third kappa shape index (κ3) is 2.06. The fraction of sp³-hybridized carbons (Fsp3) is 1.00. The minimum absolute atomic E-state index is 0.422. The summed E-state index contributed by atoms with van der Waals surface area (Å²) in [5.74, 6) is 0. The Labute approximate surface area is 72.2 Å². The molecule has 1 nitrogen and oxygen atoms in total. The van der Waals surface area contributed by atoms with E-state index in [1.54, 1.807) is 6.04 Å². The summed E-state index contributed by atoms with van der Waals surface area (Å²) in [6.45, 7) is 8.41. The lowest BCUT2D eigenvalue weighted by Gasteiger charge is -2.29. The highest BCUT2D eigenvalue weighted by atomic mass is 28.3. The van der Waals surface area contributed by atoms with Crippen molar-refractivity contribution in [3.05, 3.63) is 0 Å². The standard InChI is InChI=1S/C9H21NSi/c1-4-7-10-9(2)6-5-8-11(9)3/h10-11H,4-8H2,1-3H3. The Bertz CT molecular complexity index is 127. The fourth-order valence-corrected chi connectivity index (χ4v) is 4.66. The van der Waals surface area contributed by atoms with Gasteiger partial charge in [0.15, 0.2) is 0 Å². The largest absolute Gasteiger partial charge is 0.314 e. The molecule has 0 saturated carbocycles. The molecule has 2 heteroatoms. The van der Waals surface area contributed by atoms with Crippen molar-refractivity contribution in [2.75, 3.05) is 6.54 Å². The highest BCUT2D eigenvalue weighted by Crippen LogP contribution is 2.28. The second-order valence-corrected chi connectivity index (χ2v) is 7.79. The summed E-state index contributed by atoms with van der Waals surface area (Å²) in [5, 5.41) is 4.31. The second-order valence-electron chi connectivity index (χ2n) is 4.14. The van der Waals surface area contributed by atoms with Crippen LogP contribution in [0.25, 0.3) is 0 Å². The van der Waals surface area contributed by atoms with Crippen LogP contribution in [0.3, 0.4) is 0 Å². The summed E-state index contributed by atoms with van der Waals surface area (Å²) >= 11 is 0. The molecule has 0 aromatic carbocycles. The zero-order valence-corrected chi connectivity index (χ0v) is 9.27. The van der Waals surface area contributed by atoms with Gasteiger partial charge in [-0.1, -0.05) is 25.9 Å². The number of hydrogen-bond donors (Lipinski definition) is 1. The number of rotatable bonds is 3. The molecule has 1 fully saturated rings. The minimum atomic E-state index is -0.422. The van der Waals surface area contributed by atoms with Crippen molar-refractivity contribution < 1.29 is 0 Å². The van der Waals surface area contributed by atoms with Gasteiger partial charge in [-0.15, -0.1) is 0 Å². The highest BCUT2D eigenvalue weighted by molar-refractivity contribution is 6.61. The molecule has 1 rings (SSSR count). The Hall–Kier alpha value is 0.177. The van der Waals surface area contributed by atoms with Gasteiger partial charge in [0.1, 0.15) is 0 Å². The molecule has 2 atom stereocenters. The SMILES string of the molecule is CCCNC1(C)CCC[SiH]1C. The summed E-state index contributed by atoms with van der Waals surface area (Å²) in [6.07, 6.45) is 4.18. The lowest BCUT2D eigenvalue weighted by Crippen LogP contribution is -2.50. The highest BCUT2D eigenvalue weighted by Gasteiger charge is 2.35. The van der Waals surface area contributed by atoms with Gasteiger partial charge in [-0.3, -0.25) is 0 Å². The summed E-state index contributed by atoms with van der Waals surface area (Å²) < 4.78 is 0. The molecule has 0 radical (unpaired) electrons. The van der Waals surface area contributed by atoms with Crippen LogP contribution in [-0.2, 0) is 0 Å². The molecule has 11 heavy (non-hydrogen) atoms. The van der Waals surface area contributed by atoms with Gasteiger partial charge in [0, 0.05) is 5.16 Å². The van der Waals surface area contributed by atoms with Crippen LogP contribution in [0.2, 0.25) is 12.6 Å². The Morgan fingerprint density at radius 2 is 2.27 bits per heavy atom. The van der Waals surface area contributed by atoms with Crippen molar-refractivity contribution in [2.24, 2.45) is 0 Å². The third-order valence-corrected chi connectivity index (χ3v) is 7.14. The second kappa shape index (κ2) is 3.72. The van der Waals surface area contributed by atoms with Gasteiger partial charge in [-0.05, 0) is 26.3 Å². The van der Waals surface area contributed by atoms with Crippen molar-refractivity contribution >= 4 is 8.80 Å². The molecule has 0 aromatic heterocycles. The normalized spacial score (nSPS) is 37.9. The third-order valence-electron chi connectivity index (χ3n) is 3.20. The molecule has 0 bridgehead atoms. The van der Waals surface area contributed by atoms with Gasteiger partial charge in [0.05, 0.1) is 8.80 Å². The fourth-order valence-electron chi connectivity index (χ4n) is 2.01. The van der Waals surface area contributed by atoms with Crippen LogP contribution in [-0.4, -0.2) is 20.5 Å². The molecule has 66 valence electrons. The summed E-state index contributed by atoms with van der Waals surface area (Å²) in [6, 6.07) is 1.55. The van der Waals surface area contributed by atoms with E-state index in [4.69, 9.17) is 0 Å². The molecule has 0 aliphatic carbocycles. The van der Waals surface area contributed by atoms with Crippen LogP contribution in [0.5, 0.6) is 0 Å². The van der Waals surface area contributed by atoms with Crippen molar-refractivity contribution in [3.8, 4) is 0 Å². The average Bonchev–Trinajstić information content (AvgIpc) is 2.30. The molecule has 1 aliphatic heterocycles. The van der Waals surface area contributed by atoms with Gasteiger partial charge in [-0.2, -0.15) is 0 Å². The van der Waals surface area contributed by atoms with Gasteiger partial charge >= 0.3 is 0 Å². The quantitative estimate of drug-likeness (QED) is 0.640. The van der Waals surface area contributed by atoms with E-state index in [-0.39, 0.29) is 0 Å². The lowest BCUT2D eigenvalue weighted by atomic mass is 10.2. The number of hydrogen-bond acceptors (Lipinski definition) is 1. The van der Waals surface area contributed by atoms with Gasteiger partial charge in [-0.25, -0.2) is 0 Å². The van der Waals surface area contributed by atoms with E-state index in [9.17, 15) is 0 Å². The molecule has 1 aliphatic rings. The van der Waals surface area contributed by atoms with Crippen LogP contribution in [0.1, 0.15) is 33.1 Å². The molecular weight excluding hydrogens is 150 g/mol. The Kier molecular flexibility index (Phi) is 3.13. The average molecular weight is 171 g/mol. The van der Waals surface area contributed by atoms with E-state index in [1.807, 2.05) is 0 Å². The predicted molar refractivity (Wildman–Crippen MR) is 53.8 cm³/mol. The Morgan fingerprint density at radius 1 is 1.55 bits per heavy atom. The Balaban J connectivity index is 2.38. The van der Waals surface area contributed by atoms with Crippen LogP contribution < -0.4 is 5.32 Å². The molecule has 1 N–H and O–H groups in total. The lowest BCUT2D eigenvalue weighted by molar-refractivity contribution is 0.467. The first kappa shape index (κ1) is 9.27.